The fourth-order valence-corrected chi connectivity index (χ4v) is 2.07. The first-order valence-corrected chi connectivity index (χ1v) is 6.29. The van der Waals surface area contributed by atoms with Crippen LogP contribution >= 0.6 is 0 Å². The van der Waals surface area contributed by atoms with E-state index in [0.29, 0.717) is 25.9 Å². The molecule has 1 saturated heterocycles. The Hall–Kier alpha value is -1.63. The summed E-state index contributed by atoms with van der Waals surface area (Å²) in [5.41, 5.74) is 0. The van der Waals surface area contributed by atoms with Crippen molar-refractivity contribution in [2.45, 2.75) is 38.8 Å². The molecule has 1 aliphatic rings. The minimum absolute atomic E-state index is 0.115. The van der Waals surface area contributed by atoms with Gasteiger partial charge >= 0.3 is 5.97 Å². The third-order valence-corrected chi connectivity index (χ3v) is 2.99. The van der Waals surface area contributed by atoms with Gasteiger partial charge in [0.1, 0.15) is 12.6 Å². The zero-order chi connectivity index (χ0) is 14.4. The standard InChI is InChI=1S/C12H20N2O5/c1-8(13-9(2)15)12(18)14-5-3-10(4-6-14)19-7-11(16)17/h8,10H,3-7H2,1-2H3,(H,13,15)(H,16,17). The largest absolute Gasteiger partial charge is 0.480 e. The molecular formula is C12H20N2O5. The van der Waals surface area contributed by atoms with Crippen LogP contribution in [0.15, 0.2) is 0 Å². The van der Waals surface area contributed by atoms with Crippen molar-refractivity contribution in [2.24, 2.45) is 0 Å². The molecular weight excluding hydrogens is 252 g/mol. The Kier molecular flexibility index (Phi) is 5.75. The minimum atomic E-state index is -0.988. The van der Waals surface area contributed by atoms with Gasteiger partial charge in [0.2, 0.25) is 11.8 Å². The van der Waals surface area contributed by atoms with Crippen LogP contribution in [0.3, 0.4) is 0 Å². The number of hydrogen-bond donors (Lipinski definition) is 2. The molecule has 2 N–H and O–H groups in total. The first-order chi connectivity index (χ1) is 8.90. The molecule has 7 nitrogen and oxygen atoms in total. The summed E-state index contributed by atoms with van der Waals surface area (Å²) in [7, 11) is 0. The zero-order valence-corrected chi connectivity index (χ0v) is 11.2. The minimum Gasteiger partial charge on any atom is -0.480 e. The van der Waals surface area contributed by atoms with Crippen LogP contribution in [-0.4, -0.2) is 59.6 Å². The number of piperidine rings is 1. The van der Waals surface area contributed by atoms with E-state index < -0.39 is 12.0 Å². The normalized spacial score (nSPS) is 17.9. The van der Waals surface area contributed by atoms with Gasteiger partial charge in [0.05, 0.1) is 6.10 Å². The van der Waals surface area contributed by atoms with E-state index in [9.17, 15) is 14.4 Å². The number of likely N-dealkylation sites (tertiary alicyclic amines) is 1. The molecule has 0 spiro atoms. The summed E-state index contributed by atoms with van der Waals surface area (Å²) >= 11 is 0. The molecule has 1 heterocycles. The van der Waals surface area contributed by atoms with E-state index in [2.05, 4.69) is 5.32 Å². The smallest absolute Gasteiger partial charge is 0.329 e. The number of rotatable bonds is 5. The van der Waals surface area contributed by atoms with Crippen molar-refractivity contribution >= 4 is 17.8 Å². The quantitative estimate of drug-likeness (QED) is 0.710. The SMILES string of the molecule is CC(=O)NC(C)C(=O)N1CCC(OCC(=O)O)CC1. The van der Waals surface area contributed by atoms with E-state index in [4.69, 9.17) is 9.84 Å². The first-order valence-electron chi connectivity index (χ1n) is 6.29. The van der Waals surface area contributed by atoms with E-state index in [1.807, 2.05) is 0 Å². The van der Waals surface area contributed by atoms with Crippen LogP contribution in [0, 0.1) is 0 Å². The number of carboxylic acids is 1. The summed E-state index contributed by atoms with van der Waals surface area (Å²) in [6.07, 6.45) is 1.12. The number of carboxylic acid groups (broad SMARTS) is 1. The van der Waals surface area contributed by atoms with Crippen LogP contribution in [0.1, 0.15) is 26.7 Å². The molecule has 19 heavy (non-hydrogen) atoms. The summed E-state index contributed by atoms with van der Waals surface area (Å²) in [4.78, 5) is 34.9. The van der Waals surface area contributed by atoms with Crippen LogP contribution in [0.4, 0.5) is 0 Å². The van der Waals surface area contributed by atoms with E-state index in [0.717, 1.165) is 0 Å². The van der Waals surface area contributed by atoms with Crippen LogP contribution < -0.4 is 5.32 Å². The molecule has 7 heteroatoms. The summed E-state index contributed by atoms with van der Waals surface area (Å²) < 4.78 is 5.19. The van der Waals surface area contributed by atoms with E-state index in [1.54, 1.807) is 11.8 Å². The van der Waals surface area contributed by atoms with Gasteiger partial charge in [-0.3, -0.25) is 9.59 Å². The summed E-state index contributed by atoms with van der Waals surface area (Å²) in [5.74, 6) is -1.34. The van der Waals surface area contributed by atoms with E-state index in [1.165, 1.54) is 6.92 Å². The van der Waals surface area contributed by atoms with Crippen molar-refractivity contribution in [1.29, 1.82) is 0 Å². The molecule has 0 aliphatic carbocycles. The predicted octanol–water partition coefficient (Wildman–Crippen LogP) is -0.397. The molecule has 1 aliphatic heterocycles. The van der Waals surface area contributed by atoms with Gasteiger partial charge in [-0.25, -0.2) is 4.79 Å². The number of hydrogen-bond acceptors (Lipinski definition) is 4. The maximum Gasteiger partial charge on any atom is 0.329 e. The molecule has 1 atom stereocenters. The number of amides is 2. The second-order valence-electron chi connectivity index (χ2n) is 4.65. The number of carbonyl (C=O) groups is 3. The van der Waals surface area contributed by atoms with Gasteiger partial charge in [0.25, 0.3) is 0 Å². The Morgan fingerprint density at radius 3 is 2.42 bits per heavy atom. The monoisotopic (exact) mass is 272 g/mol. The zero-order valence-electron chi connectivity index (χ0n) is 11.2. The number of aliphatic carboxylic acids is 1. The Bertz CT molecular complexity index is 350. The highest BCUT2D eigenvalue weighted by molar-refractivity contribution is 5.86. The fourth-order valence-electron chi connectivity index (χ4n) is 2.07. The van der Waals surface area contributed by atoms with E-state index in [-0.39, 0.29) is 24.5 Å². The van der Waals surface area contributed by atoms with Crippen molar-refractivity contribution in [3.05, 3.63) is 0 Å². The van der Waals surface area contributed by atoms with Gasteiger partial charge < -0.3 is 20.1 Å². The maximum absolute atomic E-state index is 12.0. The fraction of sp³-hybridized carbons (Fsp3) is 0.750. The van der Waals surface area contributed by atoms with Crippen molar-refractivity contribution < 1.29 is 24.2 Å². The van der Waals surface area contributed by atoms with Crippen LogP contribution in [0.25, 0.3) is 0 Å². The van der Waals surface area contributed by atoms with Crippen molar-refractivity contribution in [1.82, 2.24) is 10.2 Å². The second-order valence-corrected chi connectivity index (χ2v) is 4.65. The van der Waals surface area contributed by atoms with Crippen LogP contribution in [0.5, 0.6) is 0 Å². The molecule has 1 fully saturated rings. The summed E-state index contributed by atoms with van der Waals surface area (Å²) in [5, 5.41) is 11.1. The molecule has 0 aromatic carbocycles. The Balaban J connectivity index is 2.34. The molecule has 2 amide bonds. The average Bonchev–Trinajstić information content (AvgIpc) is 2.35. The highest BCUT2D eigenvalue weighted by atomic mass is 16.5. The van der Waals surface area contributed by atoms with Gasteiger partial charge in [0.15, 0.2) is 0 Å². The predicted molar refractivity (Wildman–Crippen MR) is 66.5 cm³/mol. The lowest BCUT2D eigenvalue weighted by atomic mass is 10.1. The first kappa shape index (κ1) is 15.4. The van der Waals surface area contributed by atoms with Gasteiger partial charge in [-0.2, -0.15) is 0 Å². The van der Waals surface area contributed by atoms with E-state index >= 15 is 0 Å². The van der Waals surface area contributed by atoms with Crippen LogP contribution in [-0.2, 0) is 19.1 Å². The molecule has 0 saturated carbocycles. The molecule has 0 radical (unpaired) electrons. The van der Waals surface area contributed by atoms with Gasteiger partial charge in [0, 0.05) is 20.0 Å². The lowest BCUT2D eigenvalue weighted by Crippen LogP contribution is -2.49. The highest BCUT2D eigenvalue weighted by Gasteiger charge is 2.26. The Labute approximate surface area is 111 Å². The molecule has 0 aromatic heterocycles. The van der Waals surface area contributed by atoms with Gasteiger partial charge in [-0.15, -0.1) is 0 Å². The Morgan fingerprint density at radius 1 is 1.37 bits per heavy atom. The lowest BCUT2D eigenvalue weighted by Gasteiger charge is -2.33. The van der Waals surface area contributed by atoms with Crippen molar-refractivity contribution in [3.8, 4) is 0 Å². The second kappa shape index (κ2) is 7.08. The summed E-state index contributed by atoms with van der Waals surface area (Å²) in [6.45, 7) is 3.76. The van der Waals surface area contributed by atoms with Crippen molar-refractivity contribution in [3.63, 3.8) is 0 Å². The number of ether oxygens (including phenoxy) is 1. The average molecular weight is 272 g/mol. The van der Waals surface area contributed by atoms with Crippen molar-refractivity contribution in [2.75, 3.05) is 19.7 Å². The third-order valence-electron chi connectivity index (χ3n) is 2.99. The lowest BCUT2D eigenvalue weighted by molar-refractivity contribution is -0.147. The number of carbonyl (C=O) groups excluding carboxylic acids is 2. The summed E-state index contributed by atoms with van der Waals surface area (Å²) in [6, 6.07) is -0.533. The van der Waals surface area contributed by atoms with Crippen LogP contribution in [0.2, 0.25) is 0 Å². The Morgan fingerprint density at radius 2 is 1.95 bits per heavy atom. The van der Waals surface area contributed by atoms with Gasteiger partial charge in [-0.1, -0.05) is 0 Å². The van der Waals surface area contributed by atoms with Gasteiger partial charge in [-0.05, 0) is 19.8 Å². The number of nitrogens with one attached hydrogen (secondary N) is 1. The molecule has 1 rings (SSSR count). The highest BCUT2D eigenvalue weighted by Crippen LogP contribution is 2.14. The molecule has 108 valence electrons. The molecule has 0 bridgehead atoms. The number of nitrogens with zero attached hydrogens (tertiary/aromatic N) is 1. The topological polar surface area (TPSA) is 95.9 Å². The maximum atomic E-state index is 12.0. The molecule has 1 unspecified atom stereocenters. The third kappa shape index (κ3) is 5.25. The molecule has 0 aromatic rings.